The first-order chi connectivity index (χ1) is 57.7. The van der Waals surface area contributed by atoms with Gasteiger partial charge in [-0.05, 0) is 226 Å². The second-order valence-electron chi connectivity index (χ2n) is 33.0. The van der Waals surface area contributed by atoms with Crippen molar-refractivity contribution in [3.63, 3.8) is 0 Å². The van der Waals surface area contributed by atoms with E-state index in [1.165, 1.54) is 17.3 Å². The molecule has 30 heteroatoms. The summed E-state index contributed by atoms with van der Waals surface area (Å²) in [5.41, 5.74) is 37.0. The van der Waals surface area contributed by atoms with Gasteiger partial charge in [-0.2, -0.15) is 0 Å². The lowest BCUT2D eigenvalue weighted by Crippen LogP contribution is -2.41. The van der Waals surface area contributed by atoms with Gasteiger partial charge in [-0.15, -0.1) is 30.6 Å². The van der Waals surface area contributed by atoms with E-state index in [1.54, 1.807) is 25.9 Å². The molecule has 13 heterocycles. The number of aryl methyl sites for hydroxylation is 4. The summed E-state index contributed by atoms with van der Waals surface area (Å²) in [4.78, 5) is 31.4. The van der Waals surface area contributed by atoms with E-state index in [9.17, 15) is 0 Å². The van der Waals surface area contributed by atoms with E-state index in [1.807, 2.05) is 195 Å². The number of aromatic nitrogens is 16. The fourth-order valence-corrected chi connectivity index (χ4v) is 15.7. The summed E-state index contributed by atoms with van der Waals surface area (Å²) >= 11 is 6.95. The minimum atomic E-state index is -0.476. The number of hydrogen-bond acceptors (Lipinski definition) is 22. The zero-order valence-electron chi connectivity index (χ0n) is 70.3. The van der Waals surface area contributed by atoms with Gasteiger partial charge in [-0.25, -0.2) is 15.0 Å². The van der Waals surface area contributed by atoms with Crippen LogP contribution in [0.15, 0.2) is 241 Å². The Balaban J connectivity index is 0.000000115. The summed E-state index contributed by atoms with van der Waals surface area (Å²) in [7, 11) is -1.27. The summed E-state index contributed by atoms with van der Waals surface area (Å²) in [6.07, 6.45) is 12.0. The van der Waals surface area contributed by atoms with Gasteiger partial charge in [0, 0.05) is 67.5 Å². The molecule has 7 aromatic carbocycles. The van der Waals surface area contributed by atoms with Gasteiger partial charge in [-0.1, -0.05) is 143 Å². The van der Waals surface area contributed by atoms with Crippen molar-refractivity contribution in [2.45, 2.75) is 144 Å². The third-order valence-electron chi connectivity index (χ3n) is 23.0. The van der Waals surface area contributed by atoms with Gasteiger partial charge in [-0.3, -0.25) is 33.1 Å². The monoisotopic (exact) mass is 1740 g/mol. The van der Waals surface area contributed by atoms with Crippen LogP contribution < -0.4 is 22.7 Å². The van der Waals surface area contributed by atoms with Gasteiger partial charge in [0.1, 0.15) is 19.0 Å². The van der Waals surface area contributed by atoms with Crippen LogP contribution >= 0.6 is 31.9 Å². The maximum Gasteiger partial charge on any atom is 0.494 e. The van der Waals surface area contributed by atoms with E-state index in [2.05, 4.69) is 226 Å². The highest BCUT2D eigenvalue weighted by Crippen LogP contribution is 2.45. The fraction of sp³-hybridized carbons (Fsp3) is 0.242. The van der Waals surface area contributed by atoms with Crippen LogP contribution in [-0.2, 0) is 27.9 Å². The first-order valence-corrected chi connectivity index (χ1v) is 41.2. The molecule has 610 valence electrons. The Morgan fingerprint density at radius 1 is 0.322 bits per heavy atom. The number of benzene rings is 7. The molecule has 3 aliphatic heterocycles. The van der Waals surface area contributed by atoms with Crippen LogP contribution in [0.5, 0.6) is 0 Å². The largest absolute Gasteiger partial charge is 0.494 e. The van der Waals surface area contributed by atoms with Gasteiger partial charge < -0.3 is 45.1 Å². The average molecular weight is 1740 g/mol. The van der Waals surface area contributed by atoms with Gasteiger partial charge >= 0.3 is 21.1 Å². The smallest absolute Gasteiger partial charge is 0.405 e. The lowest BCUT2D eigenvalue weighted by molar-refractivity contribution is 0.00578. The maximum atomic E-state index is 6.17. The minimum Gasteiger partial charge on any atom is -0.405 e. The fourth-order valence-electron chi connectivity index (χ4n) is 14.5. The van der Waals surface area contributed by atoms with Crippen molar-refractivity contribution >= 4 is 137 Å². The molecule has 3 fully saturated rings. The first-order valence-electron chi connectivity index (χ1n) is 39.6. The van der Waals surface area contributed by atoms with Crippen LogP contribution in [-0.4, -0.2) is 133 Å². The lowest BCUT2D eigenvalue weighted by atomic mass is 9.49. The third kappa shape index (κ3) is 17.1. The molecule has 0 bridgehead atoms. The van der Waals surface area contributed by atoms with Crippen molar-refractivity contribution < 1.29 is 27.9 Å². The topological polar surface area (TPSA) is 314 Å². The number of rotatable bonds is 7. The molecule has 3 aliphatic rings. The predicted molar refractivity (Wildman–Crippen MR) is 489 cm³/mol. The Morgan fingerprint density at radius 3 is 1.01 bits per heavy atom. The number of anilines is 3. The SMILES string of the molecule is CC1(C)OB(B2OC(C)(C)C(C)(C)O2)OC1(C)C.Cc1cc(-c2c(-c3ccccc3)nc(N)n3cnnc23)cc2cccnc12.Cc1cc(-c2c(-c3ccccc3)nc(N)n3cnnc23)cc2cccnc12.Cc1cc(B2OC(C)(C)C(C)(C)O2)cc2cccnc12.Cc1cc(Br)cc2cccnc12.Nc1nc(-c2ccccc2)c(Br)c2nncn12. The molecule has 0 radical (unpaired) electrons. The third-order valence-corrected chi connectivity index (χ3v) is 24.2. The molecule has 0 unspecified atom stereocenters. The van der Waals surface area contributed by atoms with Gasteiger partial charge in [0.15, 0.2) is 16.9 Å². The van der Waals surface area contributed by atoms with E-state index in [-0.39, 0.29) is 40.7 Å². The van der Waals surface area contributed by atoms with Crippen molar-refractivity contribution in [2.24, 2.45) is 0 Å². The highest BCUT2D eigenvalue weighted by molar-refractivity contribution is 9.11. The summed E-state index contributed by atoms with van der Waals surface area (Å²) in [5.74, 6) is 1.08. The van der Waals surface area contributed by atoms with Gasteiger partial charge in [0.25, 0.3) is 0 Å². The minimum absolute atomic E-state index is 0.310. The van der Waals surface area contributed by atoms with Crippen molar-refractivity contribution in [1.82, 2.24) is 78.7 Å². The molecule has 0 aliphatic carbocycles. The Bertz CT molecular complexity index is 6410. The molecule has 10 aromatic heterocycles. The number of pyridine rings is 4. The molecule has 0 atom stereocenters. The summed E-state index contributed by atoms with van der Waals surface area (Å²) in [6.45, 7) is 32.8. The Morgan fingerprint density at radius 2 is 0.628 bits per heavy atom. The van der Waals surface area contributed by atoms with Crippen molar-refractivity contribution in [3.8, 4) is 56.0 Å². The number of fused-ring (bicyclic) bond motifs is 7. The van der Waals surface area contributed by atoms with Crippen LogP contribution in [0.4, 0.5) is 17.8 Å². The zero-order valence-corrected chi connectivity index (χ0v) is 73.4. The molecular weight excluding hydrogens is 1650 g/mol. The normalized spacial score (nSPS) is 15.8. The van der Waals surface area contributed by atoms with Crippen LogP contribution in [0.25, 0.3) is 117 Å². The van der Waals surface area contributed by atoms with Crippen molar-refractivity contribution in [2.75, 3.05) is 17.2 Å². The molecule has 0 saturated carbocycles. The summed E-state index contributed by atoms with van der Waals surface area (Å²) in [6, 6.07) is 62.7. The number of hydrogen-bond donors (Lipinski definition) is 3. The number of halogens is 2. The quantitative estimate of drug-likeness (QED) is 0.125. The molecule has 17 aromatic rings. The molecule has 0 amide bonds. The lowest BCUT2D eigenvalue weighted by Gasteiger charge is -2.32. The number of nitrogens with zero attached hydrogens (tertiary/aromatic N) is 16. The highest BCUT2D eigenvalue weighted by atomic mass is 79.9. The maximum absolute atomic E-state index is 6.17. The molecule has 0 spiro atoms. The van der Waals surface area contributed by atoms with E-state index < -0.39 is 14.0 Å². The van der Waals surface area contributed by atoms with Gasteiger partial charge in [0.2, 0.25) is 17.8 Å². The number of nitrogens with two attached hydrogens (primary N) is 3. The zero-order chi connectivity index (χ0) is 85.7. The Kier molecular flexibility index (Phi) is 23.4. The Hall–Kier alpha value is -11.9. The summed E-state index contributed by atoms with van der Waals surface area (Å²) < 4.78 is 43.0. The molecule has 3 saturated heterocycles. The molecule has 6 N–H and O–H groups in total. The predicted octanol–water partition coefficient (Wildman–Crippen LogP) is 18.3. The van der Waals surface area contributed by atoms with E-state index in [0.717, 1.165) is 125 Å². The molecule has 121 heavy (non-hydrogen) atoms. The van der Waals surface area contributed by atoms with E-state index in [4.69, 9.17) is 45.1 Å². The van der Waals surface area contributed by atoms with Crippen LogP contribution in [0.1, 0.15) is 105 Å². The average Bonchev–Trinajstić information content (AvgIpc) is 1.66. The molecule has 25 nitrogen and oxygen atoms in total. The Labute approximate surface area is 719 Å². The van der Waals surface area contributed by atoms with Crippen LogP contribution in [0, 0.1) is 27.7 Å². The van der Waals surface area contributed by atoms with Crippen LogP contribution in [0.3, 0.4) is 0 Å². The van der Waals surface area contributed by atoms with E-state index in [0.29, 0.717) is 34.8 Å². The number of nitrogen functional groups attached to an aromatic ring is 3. The van der Waals surface area contributed by atoms with Crippen molar-refractivity contribution in [3.05, 3.63) is 263 Å². The first kappa shape index (κ1) is 84.2. The van der Waals surface area contributed by atoms with Gasteiger partial charge in [0.05, 0.1) is 88.4 Å². The highest BCUT2D eigenvalue weighted by Gasteiger charge is 2.64. The molecular formula is C91H92B3Br2N19O6. The van der Waals surface area contributed by atoms with Crippen LogP contribution in [0.2, 0.25) is 0 Å². The van der Waals surface area contributed by atoms with E-state index >= 15 is 0 Å². The standard InChI is InChI=1S/2C21H16N6.C16H20BNO2.C12H24B2O4.C11H8BrN5.C10H8BrN/c2*1-13-10-16(11-15-8-5-9-23-18(13)15)17-19(14-6-3-2-4-7-14)25-21(22)27-12-24-26-20(17)27;1-11-9-13(10-12-7-6-8-18-14(11)12)17-19-15(2,3)16(4,5)20-17;1-9(2)10(3,4)16-13(15-9)14-17-11(5,6)12(7,8)18-14;12-8-9(7-4-2-1-3-5-7)15-11(13)17-6-14-16-10(8)17;1-7-5-9(11)6-8-3-2-4-12-10(7)8/h2*2-12H,1H3,(H2,22,25);6-10H,1-5H3;1-8H3;1-6H,(H2,13,15);2-6H,1H3. The summed E-state index contributed by atoms with van der Waals surface area (Å²) in [5, 5.41) is 29.0. The molecule has 20 rings (SSSR count). The van der Waals surface area contributed by atoms with Crippen molar-refractivity contribution in [1.29, 1.82) is 0 Å². The second-order valence-corrected chi connectivity index (χ2v) is 34.7. The second kappa shape index (κ2) is 33.6.